The zero-order valence-corrected chi connectivity index (χ0v) is 12.9. The van der Waals surface area contributed by atoms with E-state index in [0.29, 0.717) is 24.6 Å². The summed E-state index contributed by atoms with van der Waals surface area (Å²) in [5.74, 6) is 0.381. The van der Waals surface area contributed by atoms with Gasteiger partial charge in [0, 0.05) is 5.92 Å². The molecule has 8 nitrogen and oxygen atoms in total. The van der Waals surface area contributed by atoms with Crippen LogP contribution in [0.4, 0.5) is 18.0 Å². The molecule has 2 aliphatic heterocycles. The third kappa shape index (κ3) is 3.30. The minimum atomic E-state index is -4.63. The van der Waals surface area contributed by atoms with E-state index in [9.17, 15) is 18.0 Å². The van der Waals surface area contributed by atoms with Gasteiger partial charge in [-0.3, -0.25) is 4.74 Å². The molecule has 3 fully saturated rings. The predicted octanol–water partition coefficient (Wildman–Crippen LogP) is 2.13. The summed E-state index contributed by atoms with van der Waals surface area (Å²) in [4.78, 5) is 10.7. The van der Waals surface area contributed by atoms with Gasteiger partial charge in [0.25, 0.3) is 0 Å². The van der Waals surface area contributed by atoms with E-state index >= 15 is 0 Å². The summed E-state index contributed by atoms with van der Waals surface area (Å²) in [5.41, 5.74) is 0. The molecule has 0 spiro atoms. The molecule has 1 amide bonds. The summed E-state index contributed by atoms with van der Waals surface area (Å²) in [6, 6.07) is -0.243. The van der Waals surface area contributed by atoms with Crippen LogP contribution >= 0.6 is 0 Å². The third-order valence-corrected chi connectivity index (χ3v) is 5.05. The van der Waals surface area contributed by atoms with Gasteiger partial charge in [0.15, 0.2) is 0 Å². The Morgan fingerprint density at radius 2 is 1.88 bits per heavy atom. The second kappa shape index (κ2) is 5.84. The van der Waals surface area contributed by atoms with Crippen molar-refractivity contribution in [2.45, 2.75) is 68.2 Å². The van der Waals surface area contributed by atoms with Crippen molar-refractivity contribution in [3.63, 3.8) is 0 Å². The van der Waals surface area contributed by atoms with Gasteiger partial charge in [-0.25, -0.2) is 4.79 Å². The second-order valence-corrected chi connectivity index (χ2v) is 6.68. The number of aromatic nitrogens is 2. The monoisotopic (exact) mass is 363 g/mol. The number of hydrogen-bond donors (Lipinski definition) is 2. The summed E-state index contributed by atoms with van der Waals surface area (Å²) in [5, 5.41) is 19.2. The molecule has 0 radical (unpaired) electrons. The van der Waals surface area contributed by atoms with Crippen LogP contribution in [0, 0.1) is 0 Å². The normalized spacial score (nSPS) is 37.1. The topological polar surface area (TPSA) is 107 Å². The molecule has 4 rings (SSSR count). The molecule has 2 bridgehead atoms. The molecule has 0 aromatic carbocycles. The van der Waals surface area contributed by atoms with Gasteiger partial charge in [-0.1, -0.05) is 0 Å². The number of carbonyl (C=O) groups is 1. The highest BCUT2D eigenvalue weighted by Crippen LogP contribution is 2.46. The smallest absolute Gasteiger partial charge is 0.465 e. The minimum absolute atomic E-state index is 0.111. The molecule has 138 valence electrons. The maximum atomic E-state index is 12.1. The standard InChI is InChI=1S/C14H16F3N3O5/c15-14(16,17)25-6-1-5(2-6)11-19-20-12(24-11)7-3-10-8(18-13(21)22)4-9(7)23-10/h5-10,18H,1-4H2,(H,21,22)/t5-,6+,7-,8-,9+,10+/m0/s1. The fourth-order valence-electron chi connectivity index (χ4n) is 3.84. The Labute approximate surface area is 139 Å². The molecule has 3 heterocycles. The largest absolute Gasteiger partial charge is 0.522 e. The van der Waals surface area contributed by atoms with Gasteiger partial charge in [0.2, 0.25) is 11.8 Å². The van der Waals surface area contributed by atoms with Gasteiger partial charge in [0.05, 0.1) is 30.3 Å². The maximum absolute atomic E-state index is 12.1. The Morgan fingerprint density at radius 3 is 2.48 bits per heavy atom. The van der Waals surface area contributed by atoms with Gasteiger partial charge >= 0.3 is 12.5 Å². The summed E-state index contributed by atoms with van der Waals surface area (Å²) in [6.45, 7) is 0. The van der Waals surface area contributed by atoms with Crippen molar-refractivity contribution in [1.82, 2.24) is 15.5 Å². The first-order valence-corrected chi connectivity index (χ1v) is 8.01. The van der Waals surface area contributed by atoms with Crippen LogP contribution in [-0.2, 0) is 9.47 Å². The molecule has 3 aliphatic rings. The van der Waals surface area contributed by atoms with Crippen molar-refractivity contribution in [1.29, 1.82) is 0 Å². The van der Waals surface area contributed by atoms with Crippen molar-refractivity contribution in [2.24, 2.45) is 0 Å². The van der Waals surface area contributed by atoms with E-state index in [4.69, 9.17) is 14.3 Å². The van der Waals surface area contributed by atoms with Crippen molar-refractivity contribution in [3.8, 4) is 0 Å². The molecule has 1 aromatic rings. The van der Waals surface area contributed by atoms with Gasteiger partial charge in [-0.05, 0) is 25.7 Å². The summed E-state index contributed by atoms with van der Waals surface area (Å²) in [7, 11) is 0. The SMILES string of the molecule is O=C(O)N[C@H]1C[C@H]2O[C@@H]1C[C@@H]2c1nnc([C@H]2C[C@@H](OC(F)(F)F)C2)o1. The number of ether oxygens (including phenoxy) is 2. The van der Waals surface area contributed by atoms with Crippen LogP contribution in [0.3, 0.4) is 0 Å². The van der Waals surface area contributed by atoms with Gasteiger partial charge in [-0.2, -0.15) is 0 Å². The number of halogens is 3. The summed E-state index contributed by atoms with van der Waals surface area (Å²) < 4.78 is 51.7. The van der Waals surface area contributed by atoms with E-state index in [0.717, 1.165) is 0 Å². The van der Waals surface area contributed by atoms with Crippen molar-refractivity contribution >= 4 is 6.09 Å². The quantitative estimate of drug-likeness (QED) is 0.844. The van der Waals surface area contributed by atoms with Gasteiger partial charge < -0.3 is 19.6 Å². The number of nitrogens with zero attached hydrogens (tertiary/aromatic N) is 2. The van der Waals surface area contributed by atoms with Crippen LogP contribution in [0.15, 0.2) is 4.42 Å². The molecule has 1 aliphatic carbocycles. The molecule has 11 heteroatoms. The summed E-state index contributed by atoms with van der Waals surface area (Å²) >= 11 is 0. The highest BCUT2D eigenvalue weighted by atomic mass is 19.4. The second-order valence-electron chi connectivity index (χ2n) is 6.68. The van der Waals surface area contributed by atoms with Crippen LogP contribution in [0.2, 0.25) is 0 Å². The van der Waals surface area contributed by atoms with Crippen LogP contribution in [0.1, 0.15) is 49.3 Å². The number of hydrogen-bond acceptors (Lipinski definition) is 6. The number of nitrogens with one attached hydrogen (secondary N) is 1. The first-order valence-electron chi connectivity index (χ1n) is 8.01. The van der Waals surface area contributed by atoms with Crippen LogP contribution in [-0.4, -0.2) is 52.1 Å². The van der Waals surface area contributed by atoms with Gasteiger partial charge in [0.1, 0.15) is 0 Å². The third-order valence-electron chi connectivity index (χ3n) is 5.05. The first-order chi connectivity index (χ1) is 11.8. The zero-order valence-electron chi connectivity index (χ0n) is 12.9. The Morgan fingerprint density at radius 1 is 1.16 bits per heavy atom. The highest BCUT2D eigenvalue weighted by Gasteiger charge is 2.50. The molecule has 2 N–H and O–H groups in total. The Balaban J connectivity index is 1.33. The van der Waals surface area contributed by atoms with E-state index < -0.39 is 18.6 Å². The summed E-state index contributed by atoms with van der Waals surface area (Å²) in [6.07, 6.45) is -5.51. The van der Waals surface area contributed by atoms with E-state index in [1.807, 2.05) is 0 Å². The Hall–Kier alpha value is -1.88. The highest BCUT2D eigenvalue weighted by molar-refractivity contribution is 5.65. The molecule has 2 saturated heterocycles. The molecule has 1 aromatic heterocycles. The Bertz CT molecular complexity index is 660. The average molecular weight is 363 g/mol. The lowest BCUT2D eigenvalue weighted by molar-refractivity contribution is -0.352. The van der Waals surface area contributed by atoms with Crippen molar-refractivity contribution < 1.29 is 37.0 Å². The van der Waals surface area contributed by atoms with E-state index in [1.54, 1.807) is 0 Å². The molecule has 1 saturated carbocycles. The number of rotatable bonds is 4. The number of fused-ring (bicyclic) bond motifs is 2. The molecule has 0 unspecified atom stereocenters. The number of carboxylic acid groups (broad SMARTS) is 1. The minimum Gasteiger partial charge on any atom is -0.465 e. The van der Waals surface area contributed by atoms with E-state index in [2.05, 4.69) is 20.3 Å². The average Bonchev–Trinajstić information content (AvgIpc) is 3.14. The molecular formula is C14H16F3N3O5. The van der Waals surface area contributed by atoms with Crippen LogP contribution in [0.5, 0.6) is 0 Å². The van der Waals surface area contributed by atoms with Crippen molar-refractivity contribution in [3.05, 3.63) is 11.8 Å². The van der Waals surface area contributed by atoms with E-state index in [-0.39, 0.29) is 42.9 Å². The number of amides is 1. The zero-order chi connectivity index (χ0) is 17.8. The maximum Gasteiger partial charge on any atom is 0.522 e. The van der Waals surface area contributed by atoms with Crippen LogP contribution < -0.4 is 5.32 Å². The van der Waals surface area contributed by atoms with Crippen molar-refractivity contribution in [2.75, 3.05) is 0 Å². The van der Waals surface area contributed by atoms with Gasteiger partial charge in [-0.15, -0.1) is 23.4 Å². The fourth-order valence-corrected chi connectivity index (χ4v) is 3.84. The lowest BCUT2D eigenvalue weighted by atomic mass is 9.82. The Kier molecular flexibility index (Phi) is 3.87. The lowest BCUT2D eigenvalue weighted by Gasteiger charge is -2.32. The molecule has 25 heavy (non-hydrogen) atoms. The fraction of sp³-hybridized carbons (Fsp3) is 0.786. The predicted molar refractivity (Wildman–Crippen MR) is 72.8 cm³/mol. The number of alkyl halides is 3. The lowest BCUT2D eigenvalue weighted by Crippen LogP contribution is -2.41. The molecular weight excluding hydrogens is 347 g/mol. The molecule has 4 atom stereocenters. The van der Waals surface area contributed by atoms with E-state index in [1.165, 1.54) is 0 Å². The first kappa shape index (κ1) is 16.6. The van der Waals surface area contributed by atoms with Crippen LogP contribution in [0.25, 0.3) is 0 Å².